The Morgan fingerprint density at radius 2 is 1.87 bits per heavy atom. The number of phenols is 2. The molecule has 4 aliphatic carbocycles. The number of hydrogen-bond acceptors (Lipinski definition) is 15. The zero-order valence-corrected chi connectivity index (χ0v) is 39.6. The number of aliphatic hydroxyl groups is 5. The van der Waals surface area contributed by atoms with Gasteiger partial charge >= 0.3 is 0 Å². The van der Waals surface area contributed by atoms with Crippen molar-refractivity contribution in [3.8, 4) is 29.1 Å². The molecule has 4 aliphatic heterocycles. The van der Waals surface area contributed by atoms with Gasteiger partial charge in [-0.05, 0) is 105 Å². The quantitative estimate of drug-likeness (QED) is 0.0540. The molecule has 372 valence electrons. The van der Waals surface area contributed by atoms with Crippen molar-refractivity contribution < 1.29 is 59.5 Å². The lowest BCUT2D eigenvalue weighted by Gasteiger charge is -2.51. The lowest BCUT2D eigenvalue weighted by Crippen LogP contribution is -2.59. The number of benzene rings is 3. The number of carbonyl (C=O) groups excluding carboxylic acids is 1. The van der Waals surface area contributed by atoms with E-state index in [9.17, 15) is 45.3 Å². The molecule has 3 aromatic carbocycles. The monoisotopic (exact) mass is 969 g/mol. The number of allylic oxidation sites excluding steroid dienone is 2. The Kier molecular flexibility index (Phi) is 11.9. The number of fused-ring (bicyclic) bond motifs is 7. The average Bonchev–Trinajstić information content (AvgIpc) is 4.05. The number of amides is 1. The predicted molar refractivity (Wildman–Crippen MR) is 261 cm³/mol. The zero-order valence-electron chi connectivity index (χ0n) is 39.6. The number of nitrogens with one attached hydrogen (secondary N) is 1. The van der Waals surface area contributed by atoms with Crippen molar-refractivity contribution in [3.63, 3.8) is 0 Å². The van der Waals surface area contributed by atoms with Crippen molar-refractivity contribution in [2.75, 3.05) is 24.7 Å². The molecule has 2 spiro atoms. The zero-order chi connectivity index (χ0) is 49.6. The molecule has 8 aliphatic rings. The van der Waals surface area contributed by atoms with E-state index in [-0.39, 0.29) is 53.6 Å². The molecular formula is C55H59N3O13. The number of ether oxygens (including phenoxy) is 1. The Balaban J connectivity index is 1.03. The van der Waals surface area contributed by atoms with Gasteiger partial charge in [0.05, 0.1) is 29.1 Å². The average molecular weight is 970 g/mol. The molecule has 71 heavy (non-hydrogen) atoms. The summed E-state index contributed by atoms with van der Waals surface area (Å²) in [6.45, 7) is 2.56. The van der Waals surface area contributed by atoms with Crippen LogP contribution in [0.2, 0.25) is 0 Å². The highest BCUT2D eigenvalue weighted by Crippen LogP contribution is 2.58. The van der Waals surface area contributed by atoms with E-state index in [1.165, 1.54) is 36.4 Å². The number of carbonyl (C=O) groups is 1. The molecule has 8 N–H and O–H groups in total. The smallest absolute Gasteiger partial charge is 0.226 e. The van der Waals surface area contributed by atoms with E-state index in [0.717, 1.165) is 48.9 Å². The molecule has 16 nitrogen and oxygen atoms in total. The minimum Gasteiger partial charge on any atom is -0.508 e. The Bertz CT molecular complexity index is 3080. The Morgan fingerprint density at radius 3 is 2.66 bits per heavy atom. The molecule has 1 amide bonds. The number of anilines is 1. The van der Waals surface area contributed by atoms with Crippen molar-refractivity contribution in [2.45, 2.75) is 120 Å². The van der Waals surface area contributed by atoms with Gasteiger partial charge in [-0.15, -0.1) is 0 Å². The summed E-state index contributed by atoms with van der Waals surface area (Å²) in [6.07, 6.45) is 5.86. The van der Waals surface area contributed by atoms with Gasteiger partial charge in [-0.25, -0.2) is 9.78 Å². The molecule has 1 saturated heterocycles. The summed E-state index contributed by atoms with van der Waals surface area (Å²) in [5.74, 6) is 7.82. The van der Waals surface area contributed by atoms with Crippen LogP contribution in [-0.2, 0) is 27.4 Å². The lowest BCUT2D eigenvalue weighted by atomic mass is 9.57. The van der Waals surface area contributed by atoms with Gasteiger partial charge in [0, 0.05) is 78.7 Å². The number of aliphatic imine (C=N–C) groups is 1. The maximum Gasteiger partial charge on any atom is 0.226 e. The Labute approximate surface area is 409 Å². The van der Waals surface area contributed by atoms with Crippen molar-refractivity contribution in [3.05, 3.63) is 105 Å². The van der Waals surface area contributed by atoms with Gasteiger partial charge < -0.3 is 55.1 Å². The number of aromatic hydroxyl groups is 2. The van der Waals surface area contributed by atoms with Gasteiger partial charge in [-0.2, -0.15) is 0 Å². The van der Waals surface area contributed by atoms with Crippen molar-refractivity contribution in [1.29, 1.82) is 0 Å². The predicted octanol–water partition coefficient (Wildman–Crippen LogP) is 4.82. The van der Waals surface area contributed by atoms with Gasteiger partial charge in [0.15, 0.2) is 16.8 Å². The fourth-order valence-electron chi connectivity index (χ4n) is 12.8. The summed E-state index contributed by atoms with van der Waals surface area (Å²) in [4.78, 5) is 47.4. The first kappa shape index (κ1) is 47.3. The fraction of sp³-hybridized carbons (Fsp3) is 0.473. The van der Waals surface area contributed by atoms with Crippen LogP contribution in [0.25, 0.3) is 21.7 Å². The van der Waals surface area contributed by atoms with Crippen LogP contribution in [0.1, 0.15) is 75.2 Å². The van der Waals surface area contributed by atoms with Crippen LogP contribution < -0.4 is 20.4 Å². The number of aryl methyl sites for hydroxylation is 1. The van der Waals surface area contributed by atoms with Gasteiger partial charge in [-0.3, -0.25) is 14.6 Å². The van der Waals surface area contributed by atoms with Gasteiger partial charge in [0.25, 0.3) is 0 Å². The van der Waals surface area contributed by atoms with E-state index in [0.29, 0.717) is 75.4 Å². The van der Waals surface area contributed by atoms with Gasteiger partial charge in [0.1, 0.15) is 65.2 Å². The SMILES string of the molecule is CCC1C2=CC=NC2=CN1c1c2c(cc3c(=O)cc(C)oc13)C[C@@H](OOC[C@@](O)(Cc1ccc(O)c3ccc(O)cc13)[C@@H](O)[C@H](O)[C@H](O)CO)[C@]1(CC=C3C#CCC4CCC5(CC4)C(=O)NC[C@H]5[C@@H]3C1)O2. The number of hydrogen-bond donors (Lipinski definition) is 8. The van der Waals surface area contributed by atoms with E-state index in [4.69, 9.17) is 18.9 Å². The Hall–Kier alpha value is -6.03. The van der Waals surface area contributed by atoms with E-state index >= 15 is 0 Å². The molecule has 5 heterocycles. The largest absolute Gasteiger partial charge is 0.508 e. The van der Waals surface area contributed by atoms with Crippen LogP contribution in [0, 0.1) is 41.9 Å². The fourth-order valence-corrected chi connectivity index (χ4v) is 12.8. The topological polar surface area (TPSA) is 244 Å². The molecule has 2 fully saturated rings. The number of aliphatic hydroxyl groups excluding tert-OH is 4. The molecule has 9 atom stereocenters. The molecule has 1 aromatic heterocycles. The highest BCUT2D eigenvalue weighted by molar-refractivity contribution is 5.97. The van der Waals surface area contributed by atoms with Crippen molar-refractivity contribution in [1.82, 2.24) is 5.32 Å². The van der Waals surface area contributed by atoms with E-state index in [1.54, 1.807) is 19.2 Å². The van der Waals surface area contributed by atoms with Crippen molar-refractivity contribution in [2.24, 2.45) is 28.2 Å². The van der Waals surface area contributed by atoms with Crippen LogP contribution in [0.5, 0.6) is 17.2 Å². The molecule has 16 heteroatoms. The maximum atomic E-state index is 14.0. The third kappa shape index (κ3) is 7.84. The first-order chi connectivity index (χ1) is 34.2. The summed E-state index contributed by atoms with van der Waals surface area (Å²) in [6, 6.07) is 10.2. The highest BCUT2D eigenvalue weighted by atomic mass is 17.2. The minimum absolute atomic E-state index is 0.0665. The summed E-state index contributed by atoms with van der Waals surface area (Å²) in [5.41, 5.74) is 0.118. The number of nitrogens with zero attached hydrogens (tertiary/aromatic N) is 2. The molecule has 1 unspecified atom stereocenters. The second-order valence-corrected chi connectivity index (χ2v) is 20.8. The first-order valence-corrected chi connectivity index (χ1v) is 24.8. The normalized spacial score (nSPS) is 29.4. The van der Waals surface area contributed by atoms with Crippen molar-refractivity contribution >= 4 is 39.6 Å². The third-order valence-corrected chi connectivity index (χ3v) is 16.7. The Morgan fingerprint density at radius 1 is 1.06 bits per heavy atom. The van der Waals surface area contributed by atoms with Gasteiger partial charge in [0.2, 0.25) is 5.91 Å². The van der Waals surface area contributed by atoms with Crippen LogP contribution in [-0.4, -0.2) is 109 Å². The highest BCUT2D eigenvalue weighted by Gasteiger charge is 2.59. The molecular weight excluding hydrogens is 911 g/mol. The molecule has 12 rings (SSSR count). The van der Waals surface area contributed by atoms with E-state index < -0.39 is 60.7 Å². The lowest BCUT2D eigenvalue weighted by molar-refractivity contribution is -0.373. The van der Waals surface area contributed by atoms with Crippen LogP contribution in [0.3, 0.4) is 0 Å². The van der Waals surface area contributed by atoms with Crippen LogP contribution in [0.15, 0.2) is 91.9 Å². The van der Waals surface area contributed by atoms with Crippen LogP contribution in [0.4, 0.5) is 5.69 Å². The number of phenolic OH excluding ortho intramolecular Hbond substituents is 2. The minimum atomic E-state index is -2.44. The summed E-state index contributed by atoms with van der Waals surface area (Å²) < 4.78 is 14.1. The molecule has 2 bridgehead atoms. The molecule has 1 saturated carbocycles. The van der Waals surface area contributed by atoms with Gasteiger partial charge in [-0.1, -0.05) is 30.9 Å². The van der Waals surface area contributed by atoms with Crippen LogP contribution >= 0.6 is 0 Å². The second kappa shape index (κ2) is 17.9. The summed E-state index contributed by atoms with van der Waals surface area (Å²) >= 11 is 0. The summed E-state index contributed by atoms with van der Waals surface area (Å²) in [5, 5.41) is 81.0. The van der Waals surface area contributed by atoms with E-state index in [1.807, 2.05) is 12.3 Å². The molecule has 0 radical (unpaired) electrons. The third-order valence-electron chi connectivity index (χ3n) is 16.7. The first-order valence-electron chi connectivity index (χ1n) is 24.8. The van der Waals surface area contributed by atoms with E-state index in [2.05, 4.69) is 40.0 Å². The summed E-state index contributed by atoms with van der Waals surface area (Å²) in [7, 11) is 0. The standard InChI is InChI=1S/C55H59N3O13/c1-3-42-36-14-18-56-41(36)26-58(42)47-49-33(20-38-44(62)19-29(2)69-50(38)47)21-46(55(70-49)17-13-31-6-4-5-30-11-15-53(16-12-30)40(39(31)24-55)25-57-52(53)66)71-68-28-54(67,51(65)48(64)45(63)27-59)23-32-7-10-43(61)35-9-8-34(60)22-37(32)35/h7-10,13-14,18-20,22,26,30,39-40,42,45-46,48,51,59-61,63-65,67H,3,5,11-12,15-17,21,23-25,27-28H2,1-2H3,(H,57,66)/t30?,39-,40+,42?,45-,46-,48-,51+,53?,54+,55-/m1/s1. The number of rotatable bonds is 12. The molecule has 4 aromatic rings. The second-order valence-electron chi connectivity index (χ2n) is 20.8. The maximum absolute atomic E-state index is 14.0.